The van der Waals surface area contributed by atoms with Crippen LogP contribution in [0.5, 0.6) is 0 Å². The number of nitrogens with zero attached hydrogens (tertiary/aromatic N) is 1. The molecule has 1 aliphatic rings. The average molecular weight is 253 g/mol. The van der Waals surface area contributed by atoms with Crippen molar-refractivity contribution in [2.24, 2.45) is 0 Å². The highest BCUT2D eigenvalue weighted by atomic mass is 35.5. The third-order valence-electron chi connectivity index (χ3n) is 3.13. The van der Waals surface area contributed by atoms with Crippen molar-refractivity contribution in [2.45, 2.75) is 25.9 Å². The zero-order chi connectivity index (χ0) is 12.4. The first kappa shape index (κ1) is 12.4. The highest BCUT2D eigenvalue weighted by molar-refractivity contribution is 6.33. The molecule has 1 aromatic rings. The first-order chi connectivity index (χ1) is 8.09. The Morgan fingerprint density at radius 3 is 2.82 bits per heavy atom. The number of amides is 1. The average Bonchev–Trinajstić information content (AvgIpc) is 2.32. The number of carbonyl (C=O) groups excluding carboxylic acids is 1. The molecule has 4 heteroatoms. The fourth-order valence-corrected chi connectivity index (χ4v) is 2.31. The minimum absolute atomic E-state index is 0.0245. The molecule has 0 aliphatic carbocycles. The van der Waals surface area contributed by atoms with Crippen LogP contribution in [0.2, 0.25) is 5.02 Å². The number of hydrogen-bond donors (Lipinski definition) is 1. The van der Waals surface area contributed by atoms with Crippen LogP contribution in [0.15, 0.2) is 24.3 Å². The van der Waals surface area contributed by atoms with Crippen LogP contribution in [0.1, 0.15) is 24.2 Å². The smallest absolute Gasteiger partial charge is 0.255 e. The van der Waals surface area contributed by atoms with E-state index in [-0.39, 0.29) is 11.9 Å². The Hall–Kier alpha value is -1.06. The van der Waals surface area contributed by atoms with Crippen molar-refractivity contribution in [1.29, 1.82) is 0 Å². The van der Waals surface area contributed by atoms with E-state index in [0.29, 0.717) is 16.6 Å². The fourth-order valence-electron chi connectivity index (χ4n) is 2.09. The monoisotopic (exact) mass is 252 g/mol. The summed E-state index contributed by atoms with van der Waals surface area (Å²) < 4.78 is 0. The highest BCUT2D eigenvalue weighted by Gasteiger charge is 2.28. The summed E-state index contributed by atoms with van der Waals surface area (Å²) >= 11 is 6.06. The van der Waals surface area contributed by atoms with Crippen LogP contribution < -0.4 is 5.32 Å². The molecule has 0 saturated carbocycles. The van der Waals surface area contributed by atoms with Crippen LogP contribution in [0.4, 0.5) is 0 Å². The van der Waals surface area contributed by atoms with Crippen molar-refractivity contribution >= 4 is 17.5 Å². The summed E-state index contributed by atoms with van der Waals surface area (Å²) in [5, 5.41) is 3.88. The first-order valence-electron chi connectivity index (χ1n) is 5.88. The third kappa shape index (κ3) is 2.61. The zero-order valence-corrected chi connectivity index (χ0v) is 10.9. The van der Waals surface area contributed by atoms with E-state index in [1.54, 1.807) is 12.1 Å². The number of halogens is 1. The molecule has 1 saturated heterocycles. The predicted octanol–water partition coefficient (Wildman–Crippen LogP) is 2.16. The topological polar surface area (TPSA) is 32.3 Å². The zero-order valence-electron chi connectivity index (χ0n) is 10.1. The lowest BCUT2D eigenvalue weighted by molar-refractivity contribution is 0.0616. The lowest BCUT2D eigenvalue weighted by Crippen LogP contribution is -2.56. The molecule has 92 valence electrons. The molecular formula is C13H17ClN2O. The normalized spacial score (nSPS) is 24.8. The number of carbonyl (C=O) groups is 1. The van der Waals surface area contributed by atoms with Gasteiger partial charge < -0.3 is 10.2 Å². The summed E-state index contributed by atoms with van der Waals surface area (Å²) in [6, 6.07) is 7.75. The summed E-state index contributed by atoms with van der Waals surface area (Å²) in [7, 11) is 0. The van der Waals surface area contributed by atoms with Crippen LogP contribution in [0.25, 0.3) is 0 Å². The van der Waals surface area contributed by atoms with Crippen LogP contribution in [-0.2, 0) is 0 Å². The van der Waals surface area contributed by atoms with Gasteiger partial charge in [0.2, 0.25) is 0 Å². The van der Waals surface area contributed by atoms with Gasteiger partial charge in [0.05, 0.1) is 10.6 Å². The van der Waals surface area contributed by atoms with Gasteiger partial charge in [0, 0.05) is 25.2 Å². The summed E-state index contributed by atoms with van der Waals surface area (Å²) in [5.74, 6) is 0.0245. The molecular weight excluding hydrogens is 236 g/mol. The molecule has 2 rings (SSSR count). The van der Waals surface area contributed by atoms with Gasteiger partial charge in [-0.1, -0.05) is 23.7 Å². The maximum absolute atomic E-state index is 12.4. The Morgan fingerprint density at radius 1 is 1.41 bits per heavy atom. The number of benzene rings is 1. The maximum Gasteiger partial charge on any atom is 0.255 e. The molecule has 0 bridgehead atoms. The van der Waals surface area contributed by atoms with E-state index in [1.165, 1.54) is 0 Å². The SMILES string of the molecule is CC1CN(C(=O)c2ccccc2Cl)C(C)CN1. The quantitative estimate of drug-likeness (QED) is 0.831. The van der Waals surface area contributed by atoms with E-state index in [9.17, 15) is 4.79 Å². The summed E-state index contributed by atoms with van der Waals surface area (Å²) in [6.45, 7) is 5.69. The van der Waals surface area contributed by atoms with Crippen molar-refractivity contribution in [3.8, 4) is 0 Å². The van der Waals surface area contributed by atoms with Crippen molar-refractivity contribution < 1.29 is 4.79 Å². The van der Waals surface area contributed by atoms with Gasteiger partial charge >= 0.3 is 0 Å². The third-order valence-corrected chi connectivity index (χ3v) is 3.46. The predicted molar refractivity (Wildman–Crippen MR) is 69.4 cm³/mol. The molecule has 2 atom stereocenters. The fraction of sp³-hybridized carbons (Fsp3) is 0.462. The van der Waals surface area contributed by atoms with Gasteiger partial charge in [0.1, 0.15) is 0 Å². The maximum atomic E-state index is 12.4. The number of hydrogen-bond acceptors (Lipinski definition) is 2. The van der Waals surface area contributed by atoms with Gasteiger partial charge in [-0.2, -0.15) is 0 Å². The Morgan fingerprint density at radius 2 is 2.12 bits per heavy atom. The molecule has 0 spiro atoms. The minimum atomic E-state index is 0.0245. The van der Waals surface area contributed by atoms with E-state index >= 15 is 0 Å². The Bertz CT molecular complexity index is 422. The van der Waals surface area contributed by atoms with Crippen molar-refractivity contribution in [3.05, 3.63) is 34.9 Å². The van der Waals surface area contributed by atoms with Gasteiger partial charge in [-0.15, -0.1) is 0 Å². The Kier molecular flexibility index (Phi) is 3.69. The highest BCUT2D eigenvalue weighted by Crippen LogP contribution is 2.19. The van der Waals surface area contributed by atoms with Gasteiger partial charge in [0.25, 0.3) is 5.91 Å². The van der Waals surface area contributed by atoms with Crippen LogP contribution >= 0.6 is 11.6 Å². The van der Waals surface area contributed by atoms with Crippen LogP contribution in [0, 0.1) is 0 Å². The first-order valence-corrected chi connectivity index (χ1v) is 6.26. The minimum Gasteiger partial charge on any atom is -0.333 e. The molecule has 1 amide bonds. The summed E-state index contributed by atoms with van der Waals surface area (Å²) in [6.07, 6.45) is 0. The number of piperazine rings is 1. The molecule has 0 aromatic heterocycles. The summed E-state index contributed by atoms with van der Waals surface area (Å²) in [4.78, 5) is 14.3. The molecule has 1 aromatic carbocycles. The van der Waals surface area contributed by atoms with Gasteiger partial charge in [-0.05, 0) is 26.0 Å². The lowest BCUT2D eigenvalue weighted by Gasteiger charge is -2.37. The molecule has 17 heavy (non-hydrogen) atoms. The van der Waals surface area contributed by atoms with Crippen molar-refractivity contribution in [3.63, 3.8) is 0 Å². The van der Waals surface area contributed by atoms with Gasteiger partial charge in [-0.25, -0.2) is 0 Å². The number of rotatable bonds is 1. The molecule has 0 radical (unpaired) electrons. The van der Waals surface area contributed by atoms with E-state index in [4.69, 9.17) is 11.6 Å². The molecule has 1 fully saturated rings. The molecule has 2 unspecified atom stereocenters. The Balaban J connectivity index is 2.22. The van der Waals surface area contributed by atoms with Crippen molar-refractivity contribution in [2.75, 3.05) is 13.1 Å². The molecule has 3 nitrogen and oxygen atoms in total. The second-order valence-electron chi connectivity index (χ2n) is 4.60. The lowest BCUT2D eigenvalue weighted by atomic mass is 10.1. The largest absolute Gasteiger partial charge is 0.333 e. The van der Waals surface area contributed by atoms with E-state index in [2.05, 4.69) is 12.2 Å². The second-order valence-corrected chi connectivity index (χ2v) is 5.00. The molecule has 1 heterocycles. The number of nitrogens with one attached hydrogen (secondary N) is 1. The van der Waals surface area contributed by atoms with Crippen LogP contribution in [-0.4, -0.2) is 36.0 Å². The van der Waals surface area contributed by atoms with Crippen molar-refractivity contribution in [1.82, 2.24) is 10.2 Å². The summed E-state index contributed by atoms with van der Waals surface area (Å²) in [5.41, 5.74) is 0.593. The van der Waals surface area contributed by atoms with Gasteiger partial charge in [0.15, 0.2) is 0 Å². The molecule has 1 aliphatic heterocycles. The molecule has 1 N–H and O–H groups in total. The van der Waals surface area contributed by atoms with E-state index in [0.717, 1.165) is 13.1 Å². The van der Waals surface area contributed by atoms with Crippen LogP contribution in [0.3, 0.4) is 0 Å². The second kappa shape index (κ2) is 5.07. The standard InChI is InChI=1S/C13H17ClN2O/c1-9-8-16(10(2)7-15-9)13(17)11-5-3-4-6-12(11)14/h3-6,9-10,15H,7-8H2,1-2H3. The van der Waals surface area contributed by atoms with E-state index < -0.39 is 0 Å². The van der Waals surface area contributed by atoms with E-state index in [1.807, 2.05) is 24.0 Å². The van der Waals surface area contributed by atoms with Gasteiger partial charge in [-0.3, -0.25) is 4.79 Å². The Labute approximate surface area is 107 Å².